The number of carbonyl (C=O) groups excluding carboxylic acids is 1. The number of fused-ring (bicyclic) bond motifs is 2. The molecule has 3 aromatic heterocycles. The van der Waals surface area contributed by atoms with Crippen LogP contribution in [-0.2, 0) is 12.8 Å². The van der Waals surface area contributed by atoms with Gasteiger partial charge in [-0.25, -0.2) is 4.98 Å². The standard InChI is InChI=1S/C20H22N6O/c1-14-19(26-8-3-2-7-17(26)21-14)20(27)25-11-9-24(10-12-25)18-13-15-5-4-6-16(15)22-23-18/h2-3,7-8,13H,4-6,9-12H2,1H3. The molecule has 0 aromatic carbocycles. The van der Waals surface area contributed by atoms with Crippen molar-refractivity contribution in [3.63, 3.8) is 0 Å². The molecule has 0 bridgehead atoms. The Kier molecular flexibility index (Phi) is 3.81. The Morgan fingerprint density at radius 1 is 1.07 bits per heavy atom. The molecule has 138 valence electrons. The summed E-state index contributed by atoms with van der Waals surface area (Å²) in [5, 5.41) is 8.80. The molecule has 0 radical (unpaired) electrons. The van der Waals surface area contributed by atoms with Crippen LogP contribution >= 0.6 is 0 Å². The van der Waals surface area contributed by atoms with Gasteiger partial charge in [0.15, 0.2) is 5.82 Å². The fraction of sp³-hybridized carbons (Fsp3) is 0.400. The lowest BCUT2D eigenvalue weighted by Gasteiger charge is -2.35. The minimum atomic E-state index is 0.0471. The van der Waals surface area contributed by atoms with E-state index in [2.05, 4.69) is 26.1 Å². The largest absolute Gasteiger partial charge is 0.352 e. The fourth-order valence-corrected chi connectivity index (χ4v) is 4.13. The Morgan fingerprint density at radius 2 is 1.93 bits per heavy atom. The summed E-state index contributed by atoms with van der Waals surface area (Å²) in [5.41, 5.74) is 4.73. The van der Waals surface area contributed by atoms with Gasteiger partial charge in [0.2, 0.25) is 0 Å². The van der Waals surface area contributed by atoms with Crippen molar-refractivity contribution >= 4 is 17.4 Å². The number of piperazine rings is 1. The van der Waals surface area contributed by atoms with Gasteiger partial charge >= 0.3 is 0 Å². The molecule has 1 aliphatic carbocycles. The monoisotopic (exact) mass is 362 g/mol. The first-order valence-electron chi connectivity index (χ1n) is 9.54. The Bertz CT molecular complexity index is 1020. The average Bonchev–Trinajstić information content (AvgIpc) is 3.30. The van der Waals surface area contributed by atoms with Gasteiger partial charge in [-0.05, 0) is 49.9 Å². The molecule has 0 saturated carbocycles. The first kappa shape index (κ1) is 16.2. The summed E-state index contributed by atoms with van der Waals surface area (Å²) in [6.45, 7) is 4.80. The van der Waals surface area contributed by atoms with Gasteiger partial charge in [0, 0.05) is 32.4 Å². The summed E-state index contributed by atoms with van der Waals surface area (Å²) in [6.07, 6.45) is 5.22. The van der Waals surface area contributed by atoms with E-state index in [1.807, 2.05) is 40.6 Å². The zero-order valence-corrected chi connectivity index (χ0v) is 15.4. The molecule has 1 saturated heterocycles. The second kappa shape index (κ2) is 6.33. The van der Waals surface area contributed by atoms with Crippen LogP contribution < -0.4 is 4.90 Å². The smallest absolute Gasteiger partial charge is 0.272 e. The third-order valence-electron chi connectivity index (χ3n) is 5.60. The summed E-state index contributed by atoms with van der Waals surface area (Å²) in [7, 11) is 0. The van der Waals surface area contributed by atoms with Crippen LogP contribution in [0.15, 0.2) is 30.5 Å². The number of anilines is 1. The highest BCUT2D eigenvalue weighted by Crippen LogP contribution is 2.24. The second-order valence-electron chi connectivity index (χ2n) is 7.28. The molecule has 0 atom stereocenters. The number of imidazole rings is 1. The molecule has 2 aliphatic rings. The molecular weight excluding hydrogens is 340 g/mol. The summed E-state index contributed by atoms with van der Waals surface area (Å²) >= 11 is 0. The lowest BCUT2D eigenvalue weighted by atomic mass is 10.2. The van der Waals surface area contributed by atoms with E-state index in [1.54, 1.807) is 0 Å². The van der Waals surface area contributed by atoms with E-state index in [1.165, 1.54) is 12.0 Å². The number of amides is 1. The molecule has 1 aliphatic heterocycles. The van der Waals surface area contributed by atoms with Crippen LogP contribution in [0, 0.1) is 6.92 Å². The second-order valence-corrected chi connectivity index (χ2v) is 7.28. The van der Waals surface area contributed by atoms with Gasteiger partial charge in [-0.15, -0.1) is 5.10 Å². The van der Waals surface area contributed by atoms with Gasteiger partial charge in [0.1, 0.15) is 11.3 Å². The zero-order valence-electron chi connectivity index (χ0n) is 15.4. The van der Waals surface area contributed by atoms with Crippen LogP contribution in [0.4, 0.5) is 5.82 Å². The van der Waals surface area contributed by atoms with Gasteiger partial charge in [-0.3, -0.25) is 9.20 Å². The maximum atomic E-state index is 13.1. The molecule has 5 rings (SSSR count). The average molecular weight is 362 g/mol. The van der Waals surface area contributed by atoms with Crippen molar-refractivity contribution in [3.05, 3.63) is 53.1 Å². The molecule has 1 amide bonds. The van der Waals surface area contributed by atoms with Crippen LogP contribution in [0.1, 0.15) is 33.9 Å². The van der Waals surface area contributed by atoms with Crippen molar-refractivity contribution in [2.45, 2.75) is 26.2 Å². The maximum absolute atomic E-state index is 13.1. The normalized spacial score (nSPS) is 16.8. The maximum Gasteiger partial charge on any atom is 0.272 e. The van der Waals surface area contributed by atoms with Gasteiger partial charge < -0.3 is 9.80 Å². The fourth-order valence-electron chi connectivity index (χ4n) is 4.13. The zero-order chi connectivity index (χ0) is 18.4. The quantitative estimate of drug-likeness (QED) is 0.696. The van der Waals surface area contributed by atoms with Crippen molar-refractivity contribution in [2.24, 2.45) is 0 Å². The molecule has 27 heavy (non-hydrogen) atoms. The van der Waals surface area contributed by atoms with Crippen LogP contribution in [0.3, 0.4) is 0 Å². The minimum absolute atomic E-state index is 0.0471. The lowest BCUT2D eigenvalue weighted by molar-refractivity contribution is 0.0738. The van der Waals surface area contributed by atoms with Gasteiger partial charge in [-0.2, -0.15) is 5.10 Å². The molecule has 0 spiro atoms. The Balaban J connectivity index is 1.33. The van der Waals surface area contributed by atoms with Crippen LogP contribution in [-0.4, -0.2) is 56.6 Å². The highest BCUT2D eigenvalue weighted by molar-refractivity contribution is 5.94. The van der Waals surface area contributed by atoms with E-state index >= 15 is 0 Å². The molecule has 7 nitrogen and oxygen atoms in total. The third-order valence-corrected chi connectivity index (χ3v) is 5.60. The Morgan fingerprint density at radius 3 is 2.78 bits per heavy atom. The summed E-state index contributed by atoms with van der Waals surface area (Å²) in [5.74, 6) is 0.986. The van der Waals surface area contributed by atoms with Crippen molar-refractivity contribution in [1.29, 1.82) is 0 Å². The summed E-state index contributed by atoms with van der Waals surface area (Å²) in [6, 6.07) is 7.97. The van der Waals surface area contributed by atoms with E-state index in [-0.39, 0.29) is 5.91 Å². The first-order chi connectivity index (χ1) is 13.2. The van der Waals surface area contributed by atoms with E-state index in [4.69, 9.17) is 0 Å². The molecule has 3 aromatic rings. The van der Waals surface area contributed by atoms with Crippen LogP contribution in [0.5, 0.6) is 0 Å². The van der Waals surface area contributed by atoms with Crippen molar-refractivity contribution in [3.8, 4) is 0 Å². The topological polar surface area (TPSA) is 66.6 Å². The first-order valence-corrected chi connectivity index (χ1v) is 9.54. The van der Waals surface area contributed by atoms with Gasteiger partial charge in [0.25, 0.3) is 5.91 Å². The van der Waals surface area contributed by atoms with Crippen molar-refractivity contribution in [1.82, 2.24) is 24.5 Å². The molecule has 0 N–H and O–H groups in total. The number of aryl methyl sites for hydroxylation is 3. The van der Waals surface area contributed by atoms with E-state index < -0.39 is 0 Å². The summed E-state index contributed by atoms with van der Waals surface area (Å²) in [4.78, 5) is 21.8. The van der Waals surface area contributed by atoms with Crippen LogP contribution in [0.25, 0.3) is 5.65 Å². The molecule has 7 heteroatoms. The Hall–Kier alpha value is -2.96. The molecule has 4 heterocycles. The van der Waals surface area contributed by atoms with E-state index in [0.29, 0.717) is 18.8 Å². The van der Waals surface area contributed by atoms with Crippen LogP contribution in [0.2, 0.25) is 0 Å². The molecule has 0 unspecified atom stereocenters. The predicted octanol–water partition coefficient (Wildman–Crippen LogP) is 1.88. The highest BCUT2D eigenvalue weighted by Gasteiger charge is 2.27. The minimum Gasteiger partial charge on any atom is -0.352 e. The highest BCUT2D eigenvalue weighted by atomic mass is 16.2. The number of rotatable bonds is 2. The van der Waals surface area contributed by atoms with Gasteiger partial charge in [0.05, 0.1) is 11.4 Å². The number of nitrogens with zero attached hydrogens (tertiary/aromatic N) is 6. The van der Waals surface area contributed by atoms with E-state index in [0.717, 1.165) is 48.8 Å². The molecular formula is C20H22N6O. The number of carbonyl (C=O) groups is 1. The number of pyridine rings is 1. The Labute approximate surface area is 157 Å². The third kappa shape index (κ3) is 2.74. The number of hydrogen-bond acceptors (Lipinski definition) is 5. The molecule has 1 fully saturated rings. The van der Waals surface area contributed by atoms with Crippen molar-refractivity contribution in [2.75, 3.05) is 31.1 Å². The van der Waals surface area contributed by atoms with E-state index in [9.17, 15) is 4.79 Å². The van der Waals surface area contributed by atoms with Gasteiger partial charge in [-0.1, -0.05) is 6.07 Å². The number of hydrogen-bond donors (Lipinski definition) is 0. The lowest BCUT2D eigenvalue weighted by Crippen LogP contribution is -2.49. The predicted molar refractivity (Wildman–Crippen MR) is 102 cm³/mol. The van der Waals surface area contributed by atoms with Crippen molar-refractivity contribution < 1.29 is 4.79 Å². The summed E-state index contributed by atoms with van der Waals surface area (Å²) < 4.78 is 1.88. The SMILES string of the molecule is Cc1nc2ccccn2c1C(=O)N1CCN(c2cc3c(nn2)CCC3)CC1. The number of aromatic nitrogens is 4.